The number of alkyl halides is 3. The van der Waals surface area contributed by atoms with Crippen molar-refractivity contribution in [3.05, 3.63) is 29.8 Å². The predicted molar refractivity (Wildman–Crippen MR) is 53.4 cm³/mol. The van der Waals surface area contributed by atoms with Gasteiger partial charge in [-0.15, -0.1) is 0 Å². The van der Waals surface area contributed by atoms with Gasteiger partial charge in [0.25, 0.3) is 0 Å². The van der Waals surface area contributed by atoms with Crippen LogP contribution in [-0.2, 0) is 0 Å². The van der Waals surface area contributed by atoms with Crippen LogP contribution in [0, 0.1) is 11.6 Å². The zero-order valence-corrected chi connectivity index (χ0v) is 8.76. The molecule has 0 aliphatic carbocycles. The van der Waals surface area contributed by atoms with Gasteiger partial charge >= 0.3 is 5.51 Å². The van der Waals surface area contributed by atoms with Gasteiger partial charge in [0.2, 0.25) is 0 Å². The Balaban J connectivity index is 2.40. The highest BCUT2D eigenvalue weighted by Crippen LogP contribution is 2.29. The molecule has 0 bridgehead atoms. The SMILES string of the molecule is Fc1ccc(F)c(NCCSC(F)(F)F)c1. The average molecular weight is 257 g/mol. The zero-order valence-electron chi connectivity index (χ0n) is 7.94. The zero-order chi connectivity index (χ0) is 12.2. The fraction of sp³-hybridized carbons (Fsp3) is 0.333. The summed E-state index contributed by atoms with van der Waals surface area (Å²) in [5, 5.41) is 2.39. The lowest BCUT2D eigenvalue weighted by Crippen LogP contribution is -2.10. The van der Waals surface area contributed by atoms with Gasteiger partial charge in [-0.3, -0.25) is 0 Å². The van der Waals surface area contributed by atoms with Gasteiger partial charge in [0.05, 0.1) is 5.69 Å². The molecule has 0 saturated heterocycles. The summed E-state index contributed by atoms with van der Waals surface area (Å²) in [5.74, 6) is -1.61. The van der Waals surface area contributed by atoms with E-state index in [1.165, 1.54) is 0 Å². The molecule has 0 atom stereocenters. The summed E-state index contributed by atoms with van der Waals surface area (Å²) in [5.41, 5.74) is -4.44. The fourth-order valence-electron chi connectivity index (χ4n) is 0.985. The van der Waals surface area contributed by atoms with Crippen LogP contribution in [0.2, 0.25) is 0 Å². The third kappa shape index (κ3) is 4.69. The number of halogens is 5. The summed E-state index contributed by atoms with van der Waals surface area (Å²) in [4.78, 5) is 0. The summed E-state index contributed by atoms with van der Waals surface area (Å²) in [6.07, 6.45) is 0. The van der Waals surface area contributed by atoms with E-state index in [4.69, 9.17) is 0 Å². The second-order valence-corrected chi connectivity index (χ2v) is 4.00. The van der Waals surface area contributed by atoms with E-state index in [2.05, 4.69) is 5.32 Å². The third-order valence-corrected chi connectivity index (χ3v) is 2.35. The number of anilines is 1. The van der Waals surface area contributed by atoms with Crippen LogP contribution >= 0.6 is 11.8 Å². The first-order valence-electron chi connectivity index (χ1n) is 4.28. The van der Waals surface area contributed by atoms with Crippen LogP contribution in [0.25, 0.3) is 0 Å². The lowest BCUT2D eigenvalue weighted by Gasteiger charge is -2.08. The Morgan fingerprint density at radius 1 is 1.19 bits per heavy atom. The van der Waals surface area contributed by atoms with Crippen molar-refractivity contribution >= 4 is 17.4 Å². The van der Waals surface area contributed by atoms with Crippen LogP contribution in [0.15, 0.2) is 18.2 Å². The summed E-state index contributed by atoms with van der Waals surface area (Å²) < 4.78 is 60.8. The smallest absolute Gasteiger partial charge is 0.382 e. The van der Waals surface area contributed by atoms with Gasteiger partial charge in [0, 0.05) is 12.3 Å². The number of hydrogen-bond acceptors (Lipinski definition) is 2. The Hall–Kier alpha value is -0.980. The van der Waals surface area contributed by atoms with E-state index >= 15 is 0 Å². The second kappa shape index (κ2) is 5.38. The Kier molecular flexibility index (Phi) is 4.40. The lowest BCUT2D eigenvalue weighted by atomic mass is 10.3. The minimum atomic E-state index is -4.30. The molecule has 0 aliphatic rings. The number of nitrogens with one attached hydrogen (secondary N) is 1. The van der Waals surface area contributed by atoms with E-state index in [1.54, 1.807) is 0 Å². The maximum absolute atomic E-state index is 13.0. The quantitative estimate of drug-likeness (QED) is 0.653. The number of hydrogen-bond donors (Lipinski definition) is 1. The van der Waals surface area contributed by atoms with E-state index in [0.717, 1.165) is 18.2 Å². The van der Waals surface area contributed by atoms with Crippen molar-refractivity contribution in [3.8, 4) is 0 Å². The highest BCUT2D eigenvalue weighted by atomic mass is 32.2. The molecular weight excluding hydrogens is 249 g/mol. The summed E-state index contributed by atoms with van der Waals surface area (Å²) >= 11 is -0.216. The standard InChI is InChI=1S/C9H8F5NS/c10-6-1-2-7(11)8(5-6)15-3-4-16-9(12,13)14/h1-2,5,15H,3-4H2. The molecule has 16 heavy (non-hydrogen) atoms. The Bertz CT molecular complexity index is 352. The summed E-state index contributed by atoms with van der Waals surface area (Å²) in [7, 11) is 0. The Labute approximate surface area is 93.0 Å². The predicted octanol–water partition coefficient (Wildman–Crippen LogP) is 3.63. The topological polar surface area (TPSA) is 12.0 Å². The van der Waals surface area contributed by atoms with Crippen molar-refractivity contribution in [1.29, 1.82) is 0 Å². The molecule has 1 aromatic carbocycles. The molecule has 0 radical (unpaired) electrons. The largest absolute Gasteiger partial charge is 0.441 e. The summed E-state index contributed by atoms with van der Waals surface area (Å²) in [6, 6.07) is 2.74. The Morgan fingerprint density at radius 3 is 2.50 bits per heavy atom. The molecular formula is C9H8F5NS. The van der Waals surface area contributed by atoms with Crippen molar-refractivity contribution in [1.82, 2.24) is 0 Å². The van der Waals surface area contributed by atoms with Crippen molar-refractivity contribution < 1.29 is 22.0 Å². The molecule has 7 heteroatoms. The molecule has 1 rings (SSSR count). The molecule has 0 aliphatic heterocycles. The Morgan fingerprint density at radius 2 is 1.88 bits per heavy atom. The van der Waals surface area contributed by atoms with Gasteiger partial charge in [0.15, 0.2) is 0 Å². The van der Waals surface area contributed by atoms with Crippen LogP contribution in [0.1, 0.15) is 0 Å². The number of rotatable bonds is 4. The lowest BCUT2D eigenvalue weighted by molar-refractivity contribution is -0.0327. The fourth-order valence-corrected chi connectivity index (χ4v) is 1.42. The van der Waals surface area contributed by atoms with Gasteiger partial charge in [-0.05, 0) is 30.0 Å². The highest BCUT2D eigenvalue weighted by Gasteiger charge is 2.27. The first-order valence-corrected chi connectivity index (χ1v) is 5.26. The first-order chi connectivity index (χ1) is 7.38. The van der Waals surface area contributed by atoms with Gasteiger partial charge in [-0.1, -0.05) is 0 Å². The van der Waals surface area contributed by atoms with Crippen LogP contribution in [0.5, 0.6) is 0 Å². The molecule has 1 aromatic rings. The molecule has 0 unspecified atom stereocenters. The number of thioether (sulfide) groups is 1. The van der Waals surface area contributed by atoms with E-state index < -0.39 is 17.1 Å². The van der Waals surface area contributed by atoms with E-state index in [1.807, 2.05) is 0 Å². The molecule has 1 N–H and O–H groups in total. The molecule has 0 spiro atoms. The minimum absolute atomic E-state index is 0.0927. The van der Waals surface area contributed by atoms with Gasteiger partial charge in [-0.2, -0.15) is 13.2 Å². The molecule has 0 fully saturated rings. The molecule has 0 aromatic heterocycles. The normalized spacial score (nSPS) is 11.6. The van der Waals surface area contributed by atoms with E-state index in [9.17, 15) is 22.0 Å². The van der Waals surface area contributed by atoms with Crippen molar-refractivity contribution in [2.45, 2.75) is 5.51 Å². The summed E-state index contributed by atoms with van der Waals surface area (Å²) in [6.45, 7) is -0.0927. The van der Waals surface area contributed by atoms with Crippen LogP contribution in [-0.4, -0.2) is 17.8 Å². The van der Waals surface area contributed by atoms with Crippen LogP contribution < -0.4 is 5.32 Å². The first kappa shape index (κ1) is 13.1. The maximum Gasteiger partial charge on any atom is 0.441 e. The second-order valence-electron chi connectivity index (χ2n) is 2.85. The average Bonchev–Trinajstić information content (AvgIpc) is 2.16. The van der Waals surface area contributed by atoms with Gasteiger partial charge < -0.3 is 5.32 Å². The van der Waals surface area contributed by atoms with Crippen LogP contribution in [0.3, 0.4) is 0 Å². The van der Waals surface area contributed by atoms with Crippen LogP contribution in [0.4, 0.5) is 27.6 Å². The monoisotopic (exact) mass is 257 g/mol. The molecule has 1 nitrogen and oxygen atoms in total. The van der Waals surface area contributed by atoms with Crippen molar-refractivity contribution in [3.63, 3.8) is 0 Å². The molecule has 0 amide bonds. The third-order valence-electron chi connectivity index (χ3n) is 1.61. The van der Waals surface area contributed by atoms with Crippen molar-refractivity contribution in [2.75, 3.05) is 17.6 Å². The van der Waals surface area contributed by atoms with Crippen molar-refractivity contribution in [2.24, 2.45) is 0 Å². The van der Waals surface area contributed by atoms with Gasteiger partial charge in [0.1, 0.15) is 11.6 Å². The molecule has 90 valence electrons. The van der Waals surface area contributed by atoms with E-state index in [0.29, 0.717) is 0 Å². The van der Waals surface area contributed by atoms with Gasteiger partial charge in [-0.25, -0.2) is 8.78 Å². The highest BCUT2D eigenvalue weighted by molar-refractivity contribution is 8.00. The minimum Gasteiger partial charge on any atom is -0.382 e. The molecule has 0 saturated carbocycles. The number of benzene rings is 1. The van der Waals surface area contributed by atoms with E-state index in [-0.39, 0.29) is 29.7 Å². The maximum atomic E-state index is 13.0. The molecule has 0 heterocycles.